The summed E-state index contributed by atoms with van der Waals surface area (Å²) in [6.45, 7) is 0.400. The number of nitrogens with zero attached hydrogens (tertiary/aromatic N) is 4. The van der Waals surface area contributed by atoms with Gasteiger partial charge in [-0.15, -0.1) is 11.3 Å². The third-order valence-electron chi connectivity index (χ3n) is 2.34. The van der Waals surface area contributed by atoms with Crippen LogP contribution in [-0.4, -0.2) is 20.1 Å². The first kappa shape index (κ1) is 12.4. The van der Waals surface area contributed by atoms with E-state index in [-0.39, 0.29) is 0 Å². The van der Waals surface area contributed by atoms with E-state index in [9.17, 15) is 0 Å². The zero-order valence-electron chi connectivity index (χ0n) is 9.58. The Morgan fingerprint density at radius 2 is 2.26 bits per heavy atom. The number of aromatic nitrogens is 4. The van der Waals surface area contributed by atoms with E-state index >= 15 is 0 Å². The Kier molecular flexibility index (Phi) is 3.36. The Balaban J connectivity index is 1.97. The predicted octanol–water partition coefficient (Wildman–Crippen LogP) is 2.48. The molecular weight excluding hydrogens is 330 g/mol. The topological polar surface area (TPSA) is 90.7 Å². The maximum atomic E-state index is 5.52. The summed E-state index contributed by atoms with van der Waals surface area (Å²) in [5, 5.41) is 6.58. The molecule has 6 nitrogen and oxygen atoms in total. The van der Waals surface area contributed by atoms with Crippen molar-refractivity contribution >= 4 is 27.3 Å². The maximum Gasteiger partial charge on any atom is 0.277 e. The van der Waals surface area contributed by atoms with Gasteiger partial charge in [-0.05, 0) is 28.1 Å². The Hall–Kier alpha value is -1.64. The van der Waals surface area contributed by atoms with Crippen LogP contribution in [-0.2, 0) is 6.54 Å². The molecule has 0 saturated carbocycles. The third kappa shape index (κ3) is 2.42. The highest BCUT2D eigenvalue weighted by atomic mass is 79.9. The smallest absolute Gasteiger partial charge is 0.277 e. The van der Waals surface area contributed by atoms with Crippen LogP contribution in [0.4, 0.5) is 0 Å². The second-order valence-electron chi connectivity index (χ2n) is 3.59. The van der Waals surface area contributed by atoms with Crippen LogP contribution in [0.2, 0.25) is 0 Å². The minimum atomic E-state index is 0.364. The maximum absolute atomic E-state index is 5.52. The van der Waals surface area contributed by atoms with Crippen molar-refractivity contribution in [3.05, 3.63) is 33.2 Å². The molecule has 3 rings (SSSR count). The minimum absolute atomic E-state index is 0.364. The molecule has 0 aliphatic heterocycles. The molecule has 8 heteroatoms. The molecular formula is C11H8BrN5OS. The van der Waals surface area contributed by atoms with Crippen molar-refractivity contribution in [1.29, 1.82) is 0 Å². The van der Waals surface area contributed by atoms with E-state index in [1.165, 1.54) is 11.3 Å². The lowest BCUT2D eigenvalue weighted by Gasteiger charge is -1.94. The van der Waals surface area contributed by atoms with Crippen molar-refractivity contribution in [2.24, 2.45) is 5.73 Å². The number of rotatable bonds is 3. The highest BCUT2D eigenvalue weighted by Crippen LogP contribution is 2.26. The summed E-state index contributed by atoms with van der Waals surface area (Å²) in [6.07, 6.45) is 1.67. The zero-order valence-corrected chi connectivity index (χ0v) is 12.0. The van der Waals surface area contributed by atoms with Crippen molar-refractivity contribution in [2.45, 2.75) is 6.54 Å². The monoisotopic (exact) mass is 337 g/mol. The fourth-order valence-electron chi connectivity index (χ4n) is 1.48. The van der Waals surface area contributed by atoms with Gasteiger partial charge >= 0.3 is 0 Å². The molecule has 0 saturated heterocycles. The lowest BCUT2D eigenvalue weighted by molar-refractivity contribution is 0.431. The van der Waals surface area contributed by atoms with Gasteiger partial charge in [0, 0.05) is 22.6 Å². The van der Waals surface area contributed by atoms with Crippen LogP contribution in [0.5, 0.6) is 0 Å². The summed E-state index contributed by atoms with van der Waals surface area (Å²) in [5.41, 5.74) is 6.79. The molecule has 3 heterocycles. The number of hydrogen-bond acceptors (Lipinski definition) is 7. The number of thiazole rings is 1. The molecule has 2 N–H and O–H groups in total. The lowest BCUT2D eigenvalue weighted by Crippen LogP contribution is -1.94. The first-order valence-corrected chi connectivity index (χ1v) is 7.04. The molecule has 0 atom stereocenters. The fraction of sp³-hybridized carbons (Fsp3) is 0.0909. The van der Waals surface area contributed by atoms with Gasteiger partial charge in [0.15, 0.2) is 0 Å². The van der Waals surface area contributed by atoms with Crippen LogP contribution < -0.4 is 5.73 Å². The predicted molar refractivity (Wildman–Crippen MR) is 74.2 cm³/mol. The molecule has 0 bridgehead atoms. The van der Waals surface area contributed by atoms with Crippen LogP contribution in [0.3, 0.4) is 0 Å². The SMILES string of the molecule is NCc1nc(-c2nc(-c3ncccc3Br)no2)cs1. The van der Waals surface area contributed by atoms with Crippen molar-refractivity contribution < 1.29 is 4.52 Å². The number of nitrogens with two attached hydrogens (primary N) is 1. The molecule has 0 spiro atoms. The molecule has 0 unspecified atom stereocenters. The summed E-state index contributed by atoms with van der Waals surface area (Å²) in [4.78, 5) is 12.8. The van der Waals surface area contributed by atoms with Crippen LogP contribution >= 0.6 is 27.3 Å². The zero-order chi connectivity index (χ0) is 13.2. The van der Waals surface area contributed by atoms with Crippen LogP contribution in [0, 0.1) is 0 Å². The van der Waals surface area contributed by atoms with E-state index in [2.05, 4.69) is 36.0 Å². The minimum Gasteiger partial charge on any atom is -0.332 e. The molecule has 0 amide bonds. The summed E-state index contributed by atoms with van der Waals surface area (Å²) in [7, 11) is 0. The second-order valence-corrected chi connectivity index (χ2v) is 5.38. The normalized spacial score (nSPS) is 10.8. The van der Waals surface area contributed by atoms with E-state index in [0.29, 0.717) is 29.6 Å². The van der Waals surface area contributed by atoms with Gasteiger partial charge in [0.1, 0.15) is 16.4 Å². The molecule has 19 heavy (non-hydrogen) atoms. The Bertz CT molecular complexity index is 710. The van der Waals surface area contributed by atoms with Gasteiger partial charge in [-0.2, -0.15) is 4.98 Å². The van der Waals surface area contributed by atoms with Gasteiger partial charge in [-0.3, -0.25) is 4.98 Å². The van der Waals surface area contributed by atoms with Crippen molar-refractivity contribution in [3.63, 3.8) is 0 Å². The van der Waals surface area contributed by atoms with Gasteiger partial charge in [-0.25, -0.2) is 4.98 Å². The average molecular weight is 338 g/mol. The number of hydrogen-bond donors (Lipinski definition) is 1. The molecule has 0 aliphatic carbocycles. The van der Waals surface area contributed by atoms with Crippen LogP contribution in [0.1, 0.15) is 5.01 Å². The highest BCUT2D eigenvalue weighted by molar-refractivity contribution is 9.10. The molecule has 0 fully saturated rings. The average Bonchev–Trinajstić information content (AvgIpc) is 3.08. The Labute approximate surface area is 120 Å². The van der Waals surface area contributed by atoms with Gasteiger partial charge in [-0.1, -0.05) is 5.16 Å². The summed E-state index contributed by atoms with van der Waals surface area (Å²) < 4.78 is 6.01. The lowest BCUT2D eigenvalue weighted by atomic mass is 10.3. The van der Waals surface area contributed by atoms with E-state index in [4.69, 9.17) is 10.3 Å². The number of pyridine rings is 1. The van der Waals surface area contributed by atoms with Gasteiger partial charge in [0.2, 0.25) is 5.82 Å². The molecule has 3 aromatic heterocycles. The Morgan fingerprint density at radius 1 is 1.37 bits per heavy atom. The fourth-order valence-corrected chi connectivity index (χ4v) is 2.56. The van der Waals surface area contributed by atoms with E-state index in [0.717, 1.165) is 9.48 Å². The Morgan fingerprint density at radius 3 is 3.00 bits per heavy atom. The third-order valence-corrected chi connectivity index (χ3v) is 3.85. The van der Waals surface area contributed by atoms with Crippen molar-refractivity contribution in [2.75, 3.05) is 0 Å². The summed E-state index contributed by atoms with van der Waals surface area (Å²) in [6, 6.07) is 3.69. The number of halogens is 1. The summed E-state index contributed by atoms with van der Waals surface area (Å²) >= 11 is 4.86. The van der Waals surface area contributed by atoms with Gasteiger partial charge in [0.25, 0.3) is 5.89 Å². The molecule has 3 aromatic rings. The van der Waals surface area contributed by atoms with E-state index in [1.807, 2.05) is 17.5 Å². The van der Waals surface area contributed by atoms with Crippen LogP contribution in [0.25, 0.3) is 23.1 Å². The van der Waals surface area contributed by atoms with Crippen molar-refractivity contribution in [3.8, 4) is 23.1 Å². The van der Waals surface area contributed by atoms with Gasteiger partial charge in [0.05, 0.1) is 0 Å². The highest BCUT2D eigenvalue weighted by Gasteiger charge is 2.15. The van der Waals surface area contributed by atoms with E-state index in [1.54, 1.807) is 6.20 Å². The summed E-state index contributed by atoms with van der Waals surface area (Å²) in [5.74, 6) is 0.785. The quantitative estimate of drug-likeness (QED) is 0.789. The van der Waals surface area contributed by atoms with Crippen LogP contribution in [0.15, 0.2) is 32.7 Å². The standard InChI is InChI=1S/C11H8BrN5OS/c12-6-2-1-3-14-9(6)10-16-11(18-17-10)7-5-19-8(4-13)15-7/h1-3,5H,4,13H2. The molecule has 0 aromatic carbocycles. The second kappa shape index (κ2) is 5.16. The molecule has 0 radical (unpaired) electrons. The largest absolute Gasteiger partial charge is 0.332 e. The van der Waals surface area contributed by atoms with E-state index < -0.39 is 0 Å². The first-order chi connectivity index (χ1) is 9.28. The molecule has 96 valence electrons. The first-order valence-electron chi connectivity index (χ1n) is 5.37. The van der Waals surface area contributed by atoms with Gasteiger partial charge < -0.3 is 10.3 Å². The van der Waals surface area contributed by atoms with Crippen molar-refractivity contribution in [1.82, 2.24) is 20.1 Å². The molecule has 0 aliphatic rings.